The Balaban J connectivity index is 1.32. The van der Waals surface area contributed by atoms with E-state index in [-0.39, 0.29) is 17.2 Å². The average Bonchev–Trinajstić information content (AvgIpc) is 3.28. The molecule has 1 saturated heterocycles. The van der Waals surface area contributed by atoms with Gasteiger partial charge >= 0.3 is 0 Å². The van der Waals surface area contributed by atoms with Crippen LogP contribution < -0.4 is 4.74 Å². The van der Waals surface area contributed by atoms with Crippen molar-refractivity contribution in [2.75, 3.05) is 26.7 Å². The van der Waals surface area contributed by atoms with Crippen LogP contribution in [0.3, 0.4) is 0 Å². The van der Waals surface area contributed by atoms with Crippen molar-refractivity contribution in [3.8, 4) is 5.75 Å². The van der Waals surface area contributed by atoms with Gasteiger partial charge in [0.2, 0.25) is 0 Å². The first kappa shape index (κ1) is 26.3. The van der Waals surface area contributed by atoms with E-state index >= 15 is 0 Å². The van der Waals surface area contributed by atoms with Crippen LogP contribution in [0.1, 0.15) is 73.1 Å². The number of rotatable bonds is 2. The standard InChI is InChI=1S/C32H41N3O3/c1-5-25-26-20-22(2)13-14-27(26)33-29(25)31(37)35-18-16-32(17-19-35)15-9-8-11-24-10-6-7-12-28(24)38-23(3)30(36)34(4)21-32/h6-7,10,12-14,20,23,33H,5,8-9,11,15-19,21H2,1-4H3/t23-/m1/s1. The van der Waals surface area contributed by atoms with Gasteiger partial charge in [0.05, 0.1) is 0 Å². The molecule has 5 rings (SSSR count). The number of aryl methyl sites for hydroxylation is 3. The third kappa shape index (κ3) is 5.18. The van der Waals surface area contributed by atoms with E-state index in [2.05, 4.69) is 43.1 Å². The Bertz CT molecular complexity index is 1320. The van der Waals surface area contributed by atoms with Crippen LogP contribution in [0.15, 0.2) is 42.5 Å². The zero-order chi connectivity index (χ0) is 26.9. The molecule has 2 aliphatic rings. The van der Waals surface area contributed by atoms with E-state index in [1.807, 2.05) is 42.0 Å². The molecule has 0 bridgehead atoms. The number of aromatic amines is 1. The lowest BCUT2D eigenvalue weighted by atomic mass is 9.73. The number of para-hydroxylation sites is 1. The summed E-state index contributed by atoms with van der Waals surface area (Å²) in [6.07, 6.45) is 6.30. The Hall–Kier alpha value is -3.28. The molecule has 3 aromatic rings. The molecule has 1 atom stereocenters. The number of carbonyl (C=O) groups excluding carboxylic acids is 2. The summed E-state index contributed by atoms with van der Waals surface area (Å²) in [5.74, 6) is 0.934. The molecule has 202 valence electrons. The van der Waals surface area contributed by atoms with Crippen LogP contribution in [-0.2, 0) is 17.6 Å². The van der Waals surface area contributed by atoms with Crippen molar-refractivity contribution < 1.29 is 14.3 Å². The minimum absolute atomic E-state index is 0.0132. The zero-order valence-corrected chi connectivity index (χ0v) is 23.3. The second-order valence-electron chi connectivity index (χ2n) is 11.4. The van der Waals surface area contributed by atoms with Crippen molar-refractivity contribution in [3.63, 3.8) is 0 Å². The molecular formula is C32H41N3O3. The van der Waals surface area contributed by atoms with Gasteiger partial charge in [0.15, 0.2) is 6.10 Å². The maximum absolute atomic E-state index is 13.7. The predicted octanol–water partition coefficient (Wildman–Crippen LogP) is 5.91. The molecule has 0 aliphatic carbocycles. The summed E-state index contributed by atoms with van der Waals surface area (Å²) in [5, 5.41) is 1.15. The normalized spacial score (nSPS) is 20.5. The van der Waals surface area contributed by atoms with Crippen molar-refractivity contribution in [1.29, 1.82) is 0 Å². The van der Waals surface area contributed by atoms with Crippen molar-refractivity contribution in [3.05, 3.63) is 64.8 Å². The number of hydrogen-bond acceptors (Lipinski definition) is 3. The van der Waals surface area contributed by atoms with Gasteiger partial charge in [-0.05, 0) is 87.1 Å². The van der Waals surface area contributed by atoms with Crippen LogP contribution in [0.25, 0.3) is 10.9 Å². The summed E-state index contributed by atoms with van der Waals surface area (Å²) >= 11 is 0. The minimum Gasteiger partial charge on any atom is -0.481 e. The molecule has 0 radical (unpaired) electrons. The van der Waals surface area contributed by atoms with Gasteiger partial charge in [0.1, 0.15) is 11.4 Å². The number of amides is 2. The van der Waals surface area contributed by atoms with E-state index in [9.17, 15) is 9.59 Å². The van der Waals surface area contributed by atoms with E-state index in [0.717, 1.165) is 72.9 Å². The number of H-pyrrole nitrogens is 1. The number of aromatic nitrogens is 1. The van der Waals surface area contributed by atoms with E-state index in [1.165, 1.54) is 11.1 Å². The number of likely N-dealkylation sites (tertiary alicyclic amines) is 1. The van der Waals surface area contributed by atoms with Crippen molar-refractivity contribution in [2.24, 2.45) is 5.41 Å². The van der Waals surface area contributed by atoms with Crippen molar-refractivity contribution in [2.45, 2.75) is 71.8 Å². The van der Waals surface area contributed by atoms with E-state index in [1.54, 1.807) is 0 Å². The fourth-order valence-electron chi connectivity index (χ4n) is 6.51. The zero-order valence-electron chi connectivity index (χ0n) is 23.3. The van der Waals surface area contributed by atoms with E-state index in [4.69, 9.17) is 4.74 Å². The molecule has 2 aliphatic heterocycles. The fraction of sp³-hybridized carbons (Fsp3) is 0.500. The highest BCUT2D eigenvalue weighted by Gasteiger charge is 2.39. The third-order valence-electron chi connectivity index (χ3n) is 8.72. The Morgan fingerprint density at radius 2 is 1.87 bits per heavy atom. The molecule has 1 aromatic heterocycles. The fourth-order valence-corrected chi connectivity index (χ4v) is 6.51. The van der Waals surface area contributed by atoms with Gasteiger partial charge in [-0.15, -0.1) is 0 Å². The molecule has 1 N–H and O–H groups in total. The maximum Gasteiger partial charge on any atom is 0.270 e. The molecular weight excluding hydrogens is 474 g/mol. The topological polar surface area (TPSA) is 65.6 Å². The highest BCUT2D eigenvalue weighted by atomic mass is 16.5. The number of likely N-dealkylation sites (N-methyl/N-ethyl adjacent to an activating group) is 1. The molecule has 2 amide bonds. The summed E-state index contributed by atoms with van der Waals surface area (Å²) in [4.78, 5) is 34.3. The third-order valence-corrected chi connectivity index (χ3v) is 8.72. The number of piperidine rings is 1. The molecule has 1 fully saturated rings. The van der Waals surface area contributed by atoms with Gasteiger partial charge in [-0.25, -0.2) is 0 Å². The Morgan fingerprint density at radius 3 is 2.63 bits per heavy atom. The first-order valence-corrected chi connectivity index (χ1v) is 14.2. The van der Waals surface area contributed by atoms with Gasteiger partial charge < -0.3 is 19.5 Å². The van der Waals surface area contributed by atoms with Crippen LogP contribution in [0.2, 0.25) is 0 Å². The number of nitrogens with zero attached hydrogens (tertiary/aromatic N) is 2. The minimum atomic E-state index is -0.530. The lowest BCUT2D eigenvalue weighted by Crippen LogP contribution is -2.50. The number of fused-ring (bicyclic) bond motifs is 2. The van der Waals surface area contributed by atoms with Gasteiger partial charge in [-0.3, -0.25) is 9.59 Å². The summed E-state index contributed by atoms with van der Waals surface area (Å²) < 4.78 is 6.13. The monoisotopic (exact) mass is 515 g/mol. The lowest BCUT2D eigenvalue weighted by Gasteiger charge is -2.44. The first-order valence-electron chi connectivity index (χ1n) is 14.2. The Morgan fingerprint density at radius 1 is 1.11 bits per heavy atom. The number of benzene rings is 2. The van der Waals surface area contributed by atoms with Gasteiger partial charge in [-0.2, -0.15) is 0 Å². The summed E-state index contributed by atoms with van der Waals surface area (Å²) in [7, 11) is 1.90. The SMILES string of the molecule is CCc1c(C(=O)N2CCC3(CCCCc4ccccc4O[C@H](C)C(=O)N(C)C3)CC2)[nH]c2ccc(C)cc12. The van der Waals surface area contributed by atoms with Crippen molar-refractivity contribution in [1.82, 2.24) is 14.8 Å². The van der Waals surface area contributed by atoms with Crippen LogP contribution >= 0.6 is 0 Å². The number of carbonyl (C=O) groups is 2. The molecule has 1 spiro atoms. The second-order valence-corrected chi connectivity index (χ2v) is 11.4. The Kier molecular flexibility index (Phi) is 7.51. The van der Waals surface area contributed by atoms with Crippen molar-refractivity contribution >= 4 is 22.7 Å². The molecule has 0 saturated carbocycles. The molecule has 38 heavy (non-hydrogen) atoms. The lowest BCUT2D eigenvalue weighted by molar-refractivity contribution is -0.138. The second kappa shape index (κ2) is 10.8. The maximum atomic E-state index is 13.7. The number of hydrogen-bond donors (Lipinski definition) is 1. The molecule has 2 aromatic carbocycles. The van der Waals surface area contributed by atoms with Gasteiger partial charge in [-0.1, -0.05) is 43.2 Å². The molecule has 6 nitrogen and oxygen atoms in total. The quantitative estimate of drug-likeness (QED) is 0.461. The average molecular weight is 516 g/mol. The smallest absolute Gasteiger partial charge is 0.270 e. The van der Waals surface area contributed by atoms with Crippen LogP contribution in [-0.4, -0.2) is 59.4 Å². The van der Waals surface area contributed by atoms with Crippen LogP contribution in [0.4, 0.5) is 0 Å². The van der Waals surface area contributed by atoms with Crippen LogP contribution in [0, 0.1) is 12.3 Å². The van der Waals surface area contributed by atoms with Gasteiger partial charge in [0, 0.05) is 37.6 Å². The number of ether oxygens (including phenoxy) is 1. The molecule has 6 heteroatoms. The summed E-state index contributed by atoms with van der Waals surface area (Å²) in [6.45, 7) is 8.19. The molecule has 3 heterocycles. The largest absolute Gasteiger partial charge is 0.481 e. The first-order chi connectivity index (χ1) is 18.3. The highest BCUT2D eigenvalue weighted by molar-refractivity contribution is 6.01. The Labute approximate surface area is 226 Å². The highest BCUT2D eigenvalue weighted by Crippen LogP contribution is 2.39. The van der Waals surface area contributed by atoms with Crippen LogP contribution in [0.5, 0.6) is 5.75 Å². The predicted molar refractivity (Wildman–Crippen MR) is 152 cm³/mol. The van der Waals surface area contributed by atoms with Gasteiger partial charge in [0.25, 0.3) is 11.8 Å². The van der Waals surface area contributed by atoms with E-state index < -0.39 is 6.10 Å². The summed E-state index contributed by atoms with van der Waals surface area (Å²) in [6, 6.07) is 14.4. The number of nitrogens with one attached hydrogen (secondary N) is 1. The molecule has 0 unspecified atom stereocenters. The van der Waals surface area contributed by atoms with E-state index in [0.29, 0.717) is 19.6 Å². The summed E-state index contributed by atoms with van der Waals surface area (Å²) in [5.41, 5.74) is 5.27.